The average Bonchev–Trinajstić information content (AvgIpc) is 2.67. The van der Waals surface area contributed by atoms with E-state index in [2.05, 4.69) is 73.7 Å². The molecule has 1 nitrogen and oxygen atoms in total. The lowest BCUT2D eigenvalue weighted by Crippen LogP contribution is -1.80. The van der Waals surface area contributed by atoms with Gasteiger partial charge in [0.05, 0.1) is 11.6 Å². The Hall–Kier alpha value is -3.37. The molecule has 0 aliphatic rings. The Kier molecular flexibility index (Phi) is 5.24. The highest BCUT2D eigenvalue weighted by atomic mass is 14.2. The Balaban J connectivity index is 1.71. The van der Waals surface area contributed by atoms with Gasteiger partial charge in [-0.2, -0.15) is 5.26 Å². The minimum absolute atomic E-state index is 0.691. The maximum Gasteiger partial charge on any atom is 0.0997 e. The molecule has 3 aromatic rings. The van der Waals surface area contributed by atoms with E-state index < -0.39 is 0 Å². The molecular formula is C24H19N. The predicted octanol–water partition coefficient (Wildman–Crippen LogP) is 6.21. The zero-order chi connectivity index (χ0) is 17.5. The summed E-state index contributed by atoms with van der Waals surface area (Å²) in [5.74, 6) is 0. The molecule has 0 N–H and O–H groups in total. The number of nitrogens with zero attached hydrogens (tertiary/aromatic N) is 1. The van der Waals surface area contributed by atoms with Crippen LogP contribution in [0.1, 0.15) is 33.4 Å². The minimum Gasteiger partial charge on any atom is -0.192 e. The fourth-order valence-electron chi connectivity index (χ4n) is 2.52. The van der Waals surface area contributed by atoms with Crippen molar-refractivity contribution in [2.75, 3.05) is 0 Å². The van der Waals surface area contributed by atoms with Gasteiger partial charge in [-0.3, -0.25) is 0 Å². The SMILES string of the molecule is Cc1ccc(/C=C/c2ccc(/C=C/c3ccccc3C#N)cc2)cc1. The zero-order valence-electron chi connectivity index (χ0n) is 14.2. The van der Waals surface area contributed by atoms with E-state index in [-0.39, 0.29) is 0 Å². The van der Waals surface area contributed by atoms with E-state index in [1.165, 1.54) is 11.1 Å². The van der Waals surface area contributed by atoms with Gasteiger partial charge in [0.25, 0.3) is 0 Å². The Morgan fingerprint density at radius 1 is 0.640 bits per heavy atom. The molecule has 0 spiro atoms. The molecule has 3 aromatic carbocycles. The Labute approximate surface area is 149 Å². The Bertz CT molecular complexity index is 937. The van der Waals surface area contributed by atoms with Crippen LogP contribution in [0.25, 0.3) is 24.3 Å². The molecule has 0 unspecified atom stereocenters. The summed E-state index contributed by atoms with van der Waals surface area (Å²) in [6.45, 7) is 2.09. The van der Waals surface area contributed by atoms with Gasteiger partial charge in [-0.15, -0.1) is 0 Å². The molecule has 0 saturated carbocycles. The van der Waals surface area contributed by atoms with Gasteiger partial charge in [0.15, 0.2) is 0 Å². The van der Waals surface area contributed by atoms with Crippen LogP contribution in [0.15, 0.2) is 72.8 Å². The fourth-order valence-corrected chi connectivity index (χ4v) is 2.52. The molecule has 0 bridgehead atoms. The third kappa shape index (κ3) is 4.56. The molecule has 0 radical (unpaired) electrons. The largest absolute Gasteiger partial charge is 0.192 e. The quantitative estimate of drug-likeness (QED) is 0.524. The summed E-state index contributed by atoms with van der Waals surface area (Å²) in [6, 6.07) is 26.7. The standard InChI is InChI=1S/C24H19N/c1-19-6-8-20(9-7-19)10-11-21-12-14-22(15-13-21)16-17-23-4-2-3-5-24(23)18-25/h2-17H,1H3/b11-10+,17-16+. The van der Waals surface area contributed by atoms with E-state index in [1.807, 2.05) is 36.4 Å². The van der Waals surface area contributed by atoms with Gasteiger partial charge in [0.2, 0.25) is 0 Å². The van der Waals surface area contributed by atoms with Crippen molar-refractivity contribution in [2.24, 2.45) is 0 Å². The van der Waals surface area contributed by atoms with Crippen molar-refractivity contribution >= 4 is 24.3 Å². The number of hydrogen-bond donors (Lipinski definition) is 0. The third-order valence-electron chi connectivity index (χ3n) is 4.02. The number of aryl methyl sites for hydroxylation is 1. The second kappa shape index (κ2) is 7.95. The van der Waals surface area contributed by atoms with Crippen molar-refractivity contribution in [3.05, 3.63) is 106 Å². The highest BCUT2D eigenvalue weighted by molar-refractivity contribution is 5.74. The van der Waals surface area contributed by atoms with E-state index in [0.29, 0.717) is 5.56 Å². The van der Waals surface area contributed by atoms with E-state index in [1.54, 1.807) is 0 Å². The second-order valence-electron chi connectivity index (χ2n) is 5.94. The lowest BCUT2D eigenvalue weighted by Gasteiger charge is -1.99. The number of rotatable bonds is 4. The molecule has 0 atom stereocenters. The first kappa shape index (κ1) is 16.5. The first-order valence-corrected chi connectivity index (χ1v) is 8.27. The molecule has 3 rings (SSSR count). The van der Waals surface area contributed by atoms with Crippen LogP contribution in [-0.2, 0) is 0 Å². The van der Waals surface area contributed by atoms with Crippen LogP contribution in [0.5, 0.6) is 0 Å². The first-order chi connectivity index (χ1) is 12.2. The summed E-state index contributed by atoms with van der Waals surface area (Å²) in [5, 5.41) is 9.13. The van der Waals surface area contributed by atoms with Crippen molar-refractivity contribution in [3.63, 3.8) is 0 Å². The molecule has 0 aliphatic carbocycles. The van der Waals surface area contributed by atoms with Crippen LogP contribution in [0.3, 0.4) is 0 Å². The molecule has 0 heterocycles. The van der Waals surface area contributed by atoms with E-state index in [4.69, 9.17) is 5.26 Å². The lowest BCUT2D eigenvalue weighted by atomic mass is 10.1. The van der Waals surface area contributed by atoms with Crippen LogP contribution in [-0.4, -0.2) is 0 Å². The third-order valence-corrected chi connectivity index (χ3v) is 4.02. The molecule has 0 fully saturated rings. The molecular weight excluding hydrogens is 302 g/mol. The van der Waals surface area contributed by atoms with E-state index in [0.717, 1.165) is 16.7 Å². The first-order valence-electron chi connectivity index (χ1n) is 8.27. The molecule has 0 amide bonds. The summed E-state index contributed by atoms with van der Waals surface area (Å²) in [7, 11) is 0. The normalized spacial score (nSPS) is 11.0. The highest BCUT2D eigenvalue weighted by Crippen LogP contribution is 2.14. The van der Waals surface area contributed by atoms with Crippen LogP contribution in [0.2, 0.25) is 0 Å². The van der Waals surface area contributed by atoms with Crippen molar-refractivity contribution in [1.82, 2.24) is 0 Å². The maximum absolute atomic E-state index is 9.13. The summed E-state index contributed by atoms with van der Waals surface area (Å²) >= 11 is 0. The average molecular weight is 321 g/mol. The summed E-state index contributed by atoms with van der Waals surface area (Å²) in [4.78, 5) is 0. The molecule has 0 saturated heterocycles. The second-order valence-corrected chi connectivity index (χ2v) is 5.94. The van der Waals surface area contributed by atoms with Gasteiger partial charge in [-0.1, -0.05) is 96.6 Å². The van der Waals surface area contributed by atoms with Crippen molar-refractivity contribution in [2.45, 2.75) is 6.92 Å². The minimum atomic E-state index is 0.691. The highest BCUT2D eigenvalue weighted by Gasteiger charge is 1.96. The number of nitriles is 1. The monoisotopic (exact) mass is 321 g/mol. The Morgan fingerprint density at radius 3 is 1.68 bits per heavy atom. The van der Waals surface area contributed by atoms with E-state index >= 15 is 0 Å². The Morgan fingerprint density at radius 2 is 1.12 bits per heavy atom. The van der Waals surface area contributed by atoms with Gasteiger partial charge in [-0.25, -0.2) is 0 Å². The fraction of sp³-hybridized carbons (Fsp3) is 0.0417. The van der Waals surface area contributed by atoms with Crippen LogP contribution < -0.4 is 0 Å². The number of benzene rings is 3. The van der Waals surface area contributed by atoms with Gasteiger partial charge in [0, 0.05) is 0 Å². The summed E-state index contributed by atoms with van der Waals surface area (Å²) < 4.78 is 0. The molecule has 120 valence electrons. The topological polar surface area (TPSA) is 23.8 Å². The van der Waals surface area contributed by atoms with Crippen LogP contribution in [0, 0.1) is 18.3 Å². The zero-order valence-corrected chi connectivity index (χ0v) is 14.2. The summed E-state index contributed by atoms with van der Waals surface area (Å²) in [6.07, 6.45) is 8.25. The van der Waals surface area contributed by atoms with Gasteiger partial charge in [0.1, 0.15) is 0 Å². The summed E-state index contributed by atoms with van der Waals surface area (Å²) in [5.41, 5.74) is 6.37. The molecule has 0 aromatic heterocycles. The molecule has 1 heteroatoms. The van der Waals surface area contributed by atoms with Gasteiger partial charge in [-0.05, 0) is 35.2 Å². The van der Waals surface area contributed by atoms with Gasteiger partial charge < -0.3 is 0 Å². The van der Waals surface area contributed by atoms with Crippen molar-refractivity contribution in [1.29, 1.82) is 5.26 Å². The molecule has 0 aliphatic heterocycles. The van der Waals surface area contributed by atoms with Crippen LogP contribution in [0.4, 0.5) is 0 Å². The smallest absolute Gasteiger partial charge is 0.0997 e. The lowest BCUT2D eigenvalue weighted by molar-refractivity contribution is 1.46. The van der Waals surface area contributed by atoms with E-state index in [9.17, 15) is 0 Å². The molecule has 25 heavy (non-hydrogen) atoms. The van der Waals surface area contributed by atoms with Crippen molar-refractivity contribution < 1.29 is 0 Å². The number of hydrogen-bond acceptors (Lipinski definition) is 1. The van der Waals surface area contributed by atoms with Crippen molar-refractivity contribution in [3.8, 4) is 6.07 Å². The predicted molar refractivity (Wildman–Crippen MR) is 107 cm³/mol. The maximum atomic E-state index is 9.13. The van der Waals surface area contributed by atoms with Crippen LogP contribution >= 0.6 is 0 Å². The van der Waals surface area contributed by atoms with Gasteiger partial charge >= 0.3 is 0 Å².